The molecule has 0 aromatic heterocycles. The van der Waals surface area contributed by atoms with Crippen LogP contribution < -0.4 is 0 Å². The molecule has 0 spiro atoms. The minimum Gasteiger partial charge on any atom is -0.481 e. The van der Waals surface area contributed by atoms with Crippen LogP contribution in [0.25, 0.3) is 0 Å². The van der Waals surface area contributed by atoms with Gasteiger partial charge in [0.2, 0.25) is 0 Å². The van der Waals surface area contributed by atoms with Gasteiger partial charge in [0.15, 0.2) is 0 Å². The van der Waals surface area contributed by atoms with Gasteiger partial charge in [-0.15, -0.1) is 0 Å². The summed E-state index contributed by atoms with van der Waals surface area (Å²) in [6.07, 6.45) is 1.47. The molecule has 1 atom stereocenters. The zero-order chi connectivity index (χ0) is 14.0. The first kappa shape index (κ1) is 14.8. The van der Waals surface area contributed by atoms with E-state index in [0.717, 1.165) is 25.9 Å². The molecule has 0 radical (unpaired) electrons. The first-order chi connectivity index (χ1) is 8.92. The van der Waals surface area contributed by atoms with E-state index in [1.54, 1.807) is 0 Å². The van der Waals surface area contributed by atoms with Gasteiger partial charge in [-0.25, -0.2) is 0 Å². The van der Waals surface area contributed by atoms with E-state index >= 15 is 0 Å². The van der Waals surface area contributed by atoms with Crippen LogP contribution in [0, 0.1) is 8.99 Å². The van der Waals surface area contributed by atoms with Gasteiger partial charge in [-0.3, -0.25) is 9.69 Å². The zero-order valence-corrected chi connectivity index (χ0v) is 13.6. The highest BCUT2D eigenvalue weighted by Gasteiger charge is 2.37. The predicted molar refractivity (Wildman–Crippen MR) is 84.1 cm³/mol. The monoisotopic (exact) mass is 373 g/mol. The maximum absolute atomic E-state index is 11.2. The van der Waals surface area contributed by atoms with E-state index in [4.69, 9.17) is 0 Å². The molecule has 1 aliphatic heterocycles. The number of hydrogen-bond acceptors (Lipinski definition) is 2. The van der Waals surface area contributed by atoms with Gasteiger partial charge < -0.3 is 5.11 Å². The van der Waals surface area contributed by atoms with Gasteiger partial charge >= 0.3 is 5.97 Å². The Balaban J connectivity index is 2.01. The highest BCUT2D eigenvalue weighted by molar-refractivity contribution is 14.1. The van der Waals surface area contributed by atoms with Gasteiger partial charge in [-0.05, 0) is 80.1 Å². The van der Waals surface area contributed by atoms with E-state index in [0.29, 0.717) is 6.04 Å². The van der Waals surface area contributed by atoms with Crippen LogP contribution >= 0.6 is 22.6 Å². The third kappa shape index (κ3) is 3.28. The molecule has 1 aliphatic rings. The molecule has 0 amide bonds. The van der Waals surface area contributed by atoms with Crippen molar-refractivity contribution in [1.29, 1.82) is 0 Å². The summed E-state index contributed by atoms with van der Waals surface area (Å²) in [5, 5.41) is 9.25. The largest absolute Gasteiger partial charge is 0.481 e. The molecule has 1 N–H and O–H groups in total. The number of rotatable bonds is 3. The lowest BCUT2D eigenvalue weighted by Crippen LogP contribution is -2.43. The molecular weight excluding hydrogens is 353 g/mol. The number of carbonyl (C=O) groups is 1. The van der Waals surface area contributed by atoms with Crippen LogP contribution in [0.4, 0.5) is 0 Å². The van der Waals surface area contributed by atoms with Crippen molar-refractivity contribution in [3.05, 3.63) is 33.4 Å². The minimum atomic E-state index is -0.658. The van der Waals surface area contributed by atoms with Crippen molar-refractivity contribution in [2.45, 2.75) is 32.7 Å². The van der Waals surface area contributed by atoms with E-state index in [1.807, 2.05) is 6.92 Å². The zero-order valence-electron chi connectivity index (χ0n) is 11.4. The second kappa shape index (κ2) is 5.79. The molecule has 1 heterocycles. The van der Waals surface area contributed by atoms with Gasteiger partial charge in [0.05, 0.1) is 5.41 Å². The van der Waals surface area contributed by atoms with Gasteiger partial charge in [0, 0.05) is 9.61 Å². The third-order valence-corrected chi connectivity index (χ3v) is 5.04. The minimum absolute atomic E-state index is 0.357. The Bertz CT molecular complexity index is 450. The first-order valence-corrected chi connectivity index (χ1v) is 7.73. The Hall–Kier alpha value is -0.620. The molecule has 19 heavy (non-hydrogen) atoms. The van der Waals surface area contributed by atoms with Crippen molar-refractivity contribution in [1.82, 2.24) is 4.90 Å². The molecule has 104 valence electrons. The Morgan fingerprint density at radius 3 is 2.32 bits per heavy atom. The Kier molecular flexibility index (Phi) is 4.50. The second-order valence-corrected chi connectivity index (χ2v) is 6.87. The number of carboxylic acids is 1. The quantitative estimate of drug-likeness (QED) is 0.824. The average molecular weight is 373 g/mol. The van der Waals surface area contributed by atoms with E-state index in [1.165, 1.54) is 9.13 Å². The smallest absolute Gasteiger partial charge is 0.309 e. The van der Waals surface area contributed by atoms with Crippen LogP contribution in [0.1, 0.15) is 38.3 Å². The van der Waals surface area contributed by atoms with Crippen molar-refractivity contribution >= 4 is 28.6 Å². The highest BCUT2D eigenvalue weighted by atomic mass is 127. The third-order valence-electron chi connectivity index (χ3n) is 4.32. The number of likely N-dealkylation sites (tertiary alicyclic amines) is 1. The van der Waals surface area contributed by atoms with Crippen molar-refractivity contribution in [2.75, 3.05) is 13.1 Å². The molecule has 3 nitrogen and oxygen atoms in total. The summed E-state index contributed by atoms with van der Waals surface area (Å²) in [6, 6.07) is 8.93. The standard InChI is InChI=1S/C15H20INO2/c1-11(12-3-5-13(16)6-4-12)17-9-7-15(2,8-10-17)14(18)19/h3-6,11H,7-10H2,1-2H3,(H,18,19). The Labute approximate surface area is 128 Å². The molecule has 1 fully saturated rings. The Morgan fingerprint density at radius 2 is 1.84 bits per heavy atom. The topological polar surface area (TPSA) is 40.5 Å². The van der Waals surface area contributed by atoms with E-state index in [-0.39, 0.29) is 0 Å². The van der Waals surface area contributed by atoms with Crippen molar-refractivity contribution in [3.8, 4) is 0 Å². The summed E-state index contributed by atoms with van der Waals surface area (Å²) < 4.78 is 1.24. The van der Waals surface area contributed by atoms with Crippen molar-refractivity contribution < 1.29 is 9.90 Å². The van der Waals surface area contributed by atoms with Crippen LogP contribution in [0.15, 0.2) is 24.3 Å². The van der Waals surface area contributed by atoms with Gasteiger partial charge in [0.1, 0.15) is 0 Å². The fourth-order valence-electron chi connectivity index (χ4n) is 2.57. The predicted octanol–water partition coefficient (Wildman–Crippen LogP) is 3.54. The summed E-state index contributed by atoms with van der Waals surface area (Å²) in [4.78, 5) is 13.6. The molecule has 0 saturated carbocycles. The molecule has 4 heteroatoms. The number of carboxylic acid groups (broad SMARTS) is 1. The normalized spacial score (nSPS) is 21.0. The van der Waals surface area contributed by atoms with Gasteiger partial charge in [-0.1, -0.05) is 12.1 Å². The van der Waals surface area contributed by atoms with Crippen LogP contribution in [0.3, 0.4) is 0 Å². The number of benzene rings is 1. The summed E-state index contributed by atoms with van der Waals surface area (Å²) in [7, 11) is 0. The maximum atomic E-state index is 11.2. The van der Waals surface area contributed by atoms with Crippen LogP contribution in [0.2, 0.25) is 0 Å². The molecule has 1 aromatic rings. The van der Waals surface area contributed by atoms with Gasteiger partial charge in [0.25, 0.3) is 0 Å². The lowest BCUT2D eigenvalue weighted by atomic mass is 9.80. The number of hydrogen-bond donors (Lipinski definition) is 1. The summed E-state index contributed by atoms with van der Waals surface area (Å²) in [5.74, 6) is -0.658. The summed E-state index contributed by atoms with van der Waals surface area (Å²) >= 11 is 2.31. The number of piperidine rings is 1. The fraction of sp³-hybridized carbons (Fsp3) is 0.533. The second-order valence-electron chi connectivity index (χ2n) is 5.63. The molecular formula is C15H20INO2. The van der Waals surface area contributed by atoms with Crippen LogP contribution in [0.5, 0.6) is 0 Å². The molecule has 0 bridgehead atoms. The van der Waals surface area contributed by atoms with E-state index in [2.05, 4.69) is 58.7 Å². The molecule has 2 rings (SSSR count). The van der Waals surface area contributed by atoms with Crippen molar-refractivity contribution in [2.24, 2.45) is 5.41 Å². The van der Waals surface area contributed by atoms with E-state index < -0.39 is 11.4 Å². The Morgan fingerprint density at radius 1 is 1.32 bits per heavy atom. The highest BCUT2D eigenvalue weighted by Crippen LogP contribution is 2.34. The molecule has 0 aliphatic carbocycles. The summed E-state index contributed by atoms with van der Waals surface area (Å²) in [5.41, 5.74) is 0.766. The van der Waals surface area contributed by atoms with E-state index in [9.17, 15) is 9.90 Å². The lowest BCUT2D eigenvalue weighted by Gasteiger charge is -2.39. The fourth-order valence-corrected chi connectivity index (χ4v) is 2.93. The van der Waals surface area contributed by atoms with Gasteiger partial charge in [-0.2, -0.15) is 0 Å². The maximum Gasteiger partial charge on any atom is 0.309 e. The van der Waals surface area contributed by atoms with Crippen LogP contribution in [-0.4, -0.2) is 29.1 Å². The lowest BCUT2D eigenvalue weighted by molar-refractivity contribution is -0.151. The number of aliphatic carboxylic acids is 1. The van der Waals surface area contributed by atoms with Crippen molar-refractivity contribution in [3.63, 3.8) is 0 Å². The first-order valence-electron chi connectivity index (χ1n) is 6.65. The average Bonchev–Trinajstić information content (AvgIpc) is 2.39. The van der Waals surface area contributed by atoms with Crippen LogP contribution in [-0.2, 0) is 4.79 Å². The number of nitrogens with zero attached hydrogens (tertiary/aromatic N) is 1. The molecule has 1 saturated heterocycles. The molecule has 1 aromatic carbocycles. The molecule has 1 unspecified atom stereocenters. The number of halogens is 1. The summed E-state index contributed by atoms with van der Waals surface area (Å²) in [6.45, 7) is 5.78. The SMILES string of the molecule is CC(c1ccc(I)cc1)N1CCC(C)(C(=O)O)CC1.